The molecule has 0 amide bonds. The molecule has 0 saturated heterocycles. The third-order valence-electron chi connectivity index (χ3n) is 2.90. The maximum absolute atomic E-state index is 5.99. The van der Waals surface area contributed by atoms with Crippen molar-refractivity contribution in [2.24, 2.45) is 0 Å². The minimum atomic E-state index is 0.180. The molecule has 1 aromatic rings. The predicted octanol–water partition coefficient (Wildman–Crippen LogP) is 4.84. The van der Waals surface area contributed by atoms with E-state index in [0.29, 0.717) is 0 Å². The molecule has 0 aromatic heterocycles. The molecule has 0 spiro atoms. The Kier molecular flexibility index (Phi) is 2.78. The van der Waals surface area contributed by atoms with E-state index in [1.54, 1.807) is 0 Å². The highest BCUT2D eigenvalue weighted by Crippen LogP contribution is 2.48. The Hall–Kier alpha value is -0.420. The number of ether oxygens (including phenoxy) is 1. The molecular formula is C14H13IOS. The van der Waals surface area contributed by atoms with Crippen molar-refractivity contribution in [3.05, 3.63) is 46.6 Å². The first kappa shape index (κ1) is 11.7. The minimum absolute atomic E-state index is 0.180. The molecule has 1 aliphatic carbocycles. The van der Waals surface area contributed by atoms with E-state index in [1.165, 1.54) is 15.4 Å². The van der Waals surface area contributed by atoms with Crippen molar-refractivity contribution in [3.63, 3.8) is 0 Å². The molecule has 1 heterocycles. The number of hydrogen-bond acceptors (Lipinski definition) is 2. The Morgan fingerprint density at radius 1 is 1.41 bits per heavy atom. The summed E-state index contributed by atoms with van der Waals surface area (Å²) in [6.45, 7) is 4.34. The van der Waals surface area contributed by atoms with Crippen molar-refractivity contribution in [1.82, 2.24) is 0 Å². The summed E-state index contributed by atoms with van der Waals surface area (Å²) in [6.07, 6.45) is 5.60. The van der Waals surface area contributed by atoms with Crippen LogP contribution in [0, 0.1) is 6.92 Å². The van der Waals surface area contributed by atoms with Gasteiger partial charge in [-0.05, 0) is 44.0 Å². The van der Waals surface area contributed by atoms with Crippen LogP contribution in [0.1, 0.15) is 18.9 Å². The highest BCUT2D eigenvalue weighted by Gasteiger charge is 2.28. The number of fused-ring (bicyclic) bond motifs is 2. The summed E-state index contributed by atoms with van der Waals surface area (Å²) in [7, 11) is 0. The molecule has 0 fully saturated rings. The van der Waals surface area contributed by atoms with Gasteiger partial charge >= 0.3 is 0 Å². The summed E-state index contributed by atoms with van der Waals surface area (Å²) in [4.78, 5) is 2.49. The van der Waals surface area contributed by atoms with Crippen LogP contribution in [0.5, 0.6) is 5.75 Å². The number of benzene rings is 1. The van der Waals surface area contributed by atoms with Crippen molar-refractivity contribution in [2.75, 3.05) is 0 Å². The maximum Gasteiger partial charge on any atom is 0.141 e. The van der Waals surface area contributed by atoms with Gasteiger partial charge in [-0.25, -0.2) is 0 Å². The number of halogens is 1. The van der Waals surface area contributed by atoms with Crippen LogP contribution in [0.25, 0.3) is 0 Å². The summed E-state index contributed by atoms with van der Waals surface area (Å²) < 4.78 is 6.17. The second kappa shape index (κ2) is 4.05. The van der Waals surface area contributed by atoms with Gasteiger partial charge in [-0.15, -0.1) is 0 Å². The number of allylic oxidation sites excluding steroid dienone is 2. The van der Waals surface area contributed by atoms with E-state index in [0.717, 1.165) is 17.9 Å². The first-order valence-corrected chi connectivity index (χ1v) is 7.52. The molecule has 3 rings (SSSR count). The van der Waals surface area contributed by atoms with Crippen molar-refractivity contribution in [3.8, 4) is 5.75 Å². The molecule has 3 heteroatoms. The number of rotatable bonds is 0. The SMILES string of the molecule is Cc1ccc2c(c1)SC1=CC[C@](C)(I)C=C1O2. The Balaban J connectivity index is 2.04. The second-order valence-electron chi connectivity index (χ2n) is 4.71. The van der Waals surface area contributed by atoms with Crippen LogP contribution >= 0.6 is 34.4 Å². The Labute approximate surface area is 119 Å². The van der Waals surface area contributed by atoms with E-state index in [4.69, 9.17) is 4.74 Å². The fourth-order valence-electron chi connectivity index (χ4n) is 1.98. The lowest BCUT2D eigenvalue weighted by molar-refractivity contribution is 0.419. The van der Waals surface area contributed by atoms with Crippen LogP contribution in [0.2, 0.25) is 0 Å². The molecule has 0 N–H and O–H groups in total. The summed E-state index contributed by atoms with van der Waals surface area (Å²) in [5, 5.41) is 0. The summed E-state index contributed by atoms with van der Waals surface area (Å²) in [5.74, 6) is 2.01. The molecule has 17 heavy (non-hydrogen) atoms. The van der Waals surface area contributed by atoms with Crippen molar-refractivity contribution >= 4 is 34.4 Å². The zero-order valence-corrected chi connectivity index (χ0v) is 12.8. The van der Waals surface area contributed by atoms with Crippen LogP contribution in [-0.2, 0) is 0 Å². The maximum atomic E-state index is 5.99. The normalized spacial score (nSPS) is 26.3. The van der Waals surface area contributed by atoms with Gasteiger partial charge in [0.15, 0.2) is 0 Å². The summed E-state index contributed by atoms with van der Waals surface area (Å²) in [5.41, 5.74) is 1.28. The number of alkyl halides is 1. The standard InChI is InChI=1S/C14H13IOS/c1-9-3-4-10-13(7-9)17-12-5-6-14(2,15)8-11(12)16-10/h3-5,7-8H,6H2,1-2H3/t14-/m0/s1. The lowest BCUT2D eigenvalue weighted by Crippen LogP contribution is -2.19. The molecule has 0 bridgehead atoms. The molecule has 1 aliphatic heterocycles. The van der Waals surface area contributed by atoms with Crippen LogP contribution in [0.4, 0.5) is 0 Å². The van der Waals surface area contributed by atoms with E-state index in [2.05, 4.69) is 66.8 Å². The average molecular weight is 356 g/mol. The molecule has 0 radical (unpaired) electrons. The first-order valence-electron chi connectivity index (χ1n) is 5.62. The van der Waals surface area contributed by atoms with Gasteiger partial charge in [0.2, 0.25) is 0 Å². The van der Waals surface area contributed by atoms with Gasteiger partial charge in [0.25, 0.3) is 0 Å². The van der Waals surface area contributed by atoms with Crippen molar-refractivity contribution in [2.45, 2.75) is 28.6 Å². The van der Waals surface area contributed by atoms with Gasteiger partial charge in [0.1, 0.15) is 11.5 Å². The third kappa shape index (κ3) is 2.27. The fraction of sp³-hybridized carbons (Fsp3) is 0.286. The van der Waals surface area contributed by atoms with E-state index < -0.39 is 0 Å². The highest BCUT2D eigenvalue weighted by atomic mass is 127. The molecular weight excluding hydrogens is 343 g/mol. The average Bonchev–Trinajstić information content (AvgIpc) is 2.26. The summed E-state index contributed by atoms with van der Waals surface area (Å²) >= 11 is 4.29. The zero-order chi connectivity index (χ0) is 12.0. The molecule has 88 valence electrons. The van der Waals surface area contributed by atoms with Gasteiger partial charge in [-0.2, -0.15) is 0 Å². The van der Waals surface area contributed by atoms with Gasteiger partial charge in [-0.1, -0.05) is 46.5 Å². The van der Waals surface area contributed by atoms with E-state index in [-0.39, 0.29) is 3.42 Å². The minimum Gasteiger partial charge on any atom is -0.455 e. The van der Waals surface area contributed by atoms with Crippen LogP contribution in [-0.4, -0.2) is 3.42 Å². The van der Waals surface area contributed by atoms with Crippen LogP contribution < -0.4 is 4.74 Å². The molecule has 1 aromatic carbocycles. The van der Waals surface area contributed by atoms with Gasteiger partial charge in [-0.3, -0.25) is 0 Å². The topological polar surface area (TPSA) is 9.23 Å². The lowest BCUT2D eigenvalue weighted by atomic mass is 10.0. The fourth-order valence-corrected chi connectivity index (χ4v) is 3.55. The molecule has 1 nitrogen and oxygen atoms in total. The summed E-state index contributed by atoms with van der Waals surface area (Å²) in [6, 6.07) is 6.35. The molecule has 0 saturated carbocycles. The second-order valence-corrected chi connectivity index (χ2v) is 8.26. The Bertz CT molecular complexity index is 543. The first-order chi connectivity index (χ1) is 8.03. The Morgan fingerprint density at radius 2 is 2.24 bits per heavy atom. The van der Waals surface area contributed by atoms with Crippen LogP contribution in [0.3, 0.4) is 0 Å². The smallest absolute Gasteiger partial charge is 0.141 e. The van der Waals surface area contributed by atoms with Crippen molar-refractivity contribution in [1.29, 1.82) is 0 Å². The zero-order valence-electron chi connectivity index (χ0n) is 9.79. The number of thioether (sulfide) groups is 1. The quantitative estimate of drug-likeness (QED) is 0.486. The van der Waals surface area contributed by atoms with E-state index in [9.17, 15) is 0 Å². The van der Waals surface area contributed by atoms with E-state index >= 15 is 0 Å². The molecule has 2 aliphatic rings. The van der Waals surface area contributed by atoms with Crippen LogP contribution in [0.15, 0.2) is 45.9 Å². The lowest BCUT2D eigenvalue weighted by Gasteiger charge is -2.29. The van der Waals surface area contributed by atoms with Gasteiger partial charge in [0.05, 0.1) is 9.80 Å². The monoisotopic (exact) mass is 356 g/mol. The largest absolute Gasteiger partial charge is 0.455 e. The Morgan fingerprint density at radius 3 is 3.06 bits per heavy atom. The molecule has 1 atom stereocenters. The number of aryl methyl sites for hydroxylation is 1. The van der Waals surface area contributed by atoms with Crippen molar-refractivity contribution < 1.29 is 4.74 Å². The van der Waals surface area contributed by atoms with Gasteiger partial charge in [0, 0.05) is 3.42 Å². The van der Waals surface area contributed by atoms with Gasteiger partial charge < -0.3 is 4.74 Å². The number of hydrogen-bond donors (Lipinski definition) is 0. The molecule has 0 unspecified atom stereocenters. The van der Waals surface area contributed by atoms with E-state index in [1.807, 2.05) is 11.8 Å². The third-order valence-corrected chi connectivity index (χ3v) is 4.78. The predicted molar refractivity (Wildman–Crippen MR) is 80.9 cm³/mol. The highest BCUT2D eigenvalue weighted by molar-refractivity contribution is 14.1.